The van der Waals surface area contributed by atoms with E-state index in [0.29, 0.717) is 0 Å². The van der Waals surface area contributed by atoms with Gasteiger partial charge in [-0.25, -0.2) is 4.79 Å². The summed E-state index contributed by atoms with van der Waals surface area (Å²) in [6, 6.07) is 0. The van der Waals surface area contributed by atoms with Gasteiger partial charge in [0.1, 0.15) is 24.4 Å². The second kappa shape index (κ2) is 8.04. The molecular formula is C14H16F3N3O7. The maximum atomic E-state index is 12.1. The highest BCUT2D eigenvalue weighted by molar-refractivity contribution is 5.81. The predicted molar refractivity (Wildman–Crippen MR) is 82.4 cm³/mol. The maximum Gasteiger partial charge on any atom is 0.471 e. The van der Waals surface area contributed by atoms with Crippen LogP contribution >= 0.6 is 0 Å². The van der Waals surface area contributed by atoms with Crippen molar-refractivity contribution in [1.29, 1.82) is 0 Å². The van der Waals surface area contributed by atoms with Gasteiger partial charge in [-0.05, 0) is 6.08 Å². The van der Waals surface area contributed by atoms with E-state index in [9.17, 15) is 37.8 Å². The number of nitrogens with one attached hydrogen (secondary N) is 2. The van der Waals surface area contributed by atoms with Gasteiger partial charge in [0.15, 0.2) is 0 Å². The summed E-state index contributed by atoms with van der Waals surface area (Å²) in [4.78, 5) is 36.3. The van der Waals surface area contributed by atoms with Crippen LogP contribution in [0.25, 0.3) is 6.20 Å². The number of amides is 1. The lowest BCUT2D eigenvalue weighted by atomic mass is 10.0. The molecule has 1 aliphatic heterocycles. The summed E-state index contributed by atoms with van der Waals surface area (Å²) in [6.45, 7) is -1.17. The van der Waals surface area contributed by atoms with Gasteiger partial charge >= 0.3 is 17.8 Å². The molecule has 2 heterocycles. The van der Waals surface area contributed by atoms with Gasteiger partial charge in [0.25, 0.3) is 5.56 Å². The number of rotatable bonds is 5. The van der Waals surface area contributed by atoms with Crippen LogP contribution in [0, 0.1) is 0 Å². The normalized spacial score (nSPS) is 25.9. The van der Waals surface area contributed by atoms with E-state index < -0.39 is 60.9 Å². The number of hydrogen-bond donors (Lipinski definition) is 5. The Hall–Kier alpha value is -2.48. The summed E-state index contributed by atoms with van der Waals surface area (Å²) < 4.78 is 42.2. The van der Waals surface area contributed by atoms with Crippen molar-refractivity contribution in [3.05, 3.63) is 38.7 Å². The molecule has 150 valence electrons. The highest BCUT2D eigenvalue weighted by Gasteiger charge is 2.44. The van der Waals surface area contributed by atoms with E-state index in [-0.39, 0.29) is 5.56 Å². The first kappa shape index (κ1) is 20.8. The molecule has 1 aromatic heterocycles. The fourth-order valence-corrected chi connectivity index (χ4v) is 2.39. The molecule has 2 rings (SSSR count). The number of aromatic nitrogens is 2. The third-order valence-electron chi connectivity index (χ3n) is 3.75. The Morgan fingerprint density at radius 1 is 1.33 bits per heavy atom. The van der Waals surface area contributed by atoms with E-state index in [2.05, 4.69) is 0 Å². The Morgan fingerprint density at radius 2 is 2.00 bits per heavy atom. The molecule has 1 aliphatic rings. The summed E-state index contributed by atoms with van der Waals surface area (Å²) in [5.41, 5.74) is -2.10. The van der Waals surface area contributed by atoms with Crippen molar-refractivity contribution >= 4 is 12.1 Å². The molecule has 0 bridgehead atoms. The molecule has 1 amide bonds. The minimum Gasteiger partial charge on any atom is -0.394 e. The minimum atomic E-state index is -5.05. The van der Waals surface area contributed by atoms with Gasteiger partial charge < -0.3 is 25.4 Å². The number of carbonyl (C=O) groups excluding carboxylic acids is 1. The highest BCUT2D eigenvalue weighted by Crippen LogP contribution is 2.31. The second-order valence-electron chi connectivity index (χ2n) is 5.60. The van der Waals surface area contributed by atoms with E-state index in [1.54, 1.807) is 5.32 Å². The topological polar surface area (TPSA) is 154 Å². The number of aliphatic hydroxyl groups is 3. The third kappa shape index (κ3) is 4.63. The minimum absolute atomic E-state index is 0.249. The molecule has 0 aliphatic carbocycles. The van der Waals surface area contributed by atoms with Crippen LogP contribution in [0.2, 0.25) is 0 Å². The van der Waals surface area contributed by atoms with Gasteiger partial charge in [-0.3, -0.25) is 19.1 Å². The van der Waals surface area contributed by atoms with Crippen LogP contribution in [-0.4, -0.2) is 68.4 Å². The molecule has 1 unspecified atom stereocenters. The molecule has 5 N–H and O–H groups in total. The van der Waals surface area contributed by atoms with Gasteiger partial charge in [0.2, 0.25) is 0 Å². The molecule has 13 heteroatoms. The first-order chi connectivity index (χ1) is 12.6. The monoisotopic (exact) mass is 395 g/mol. The number of halogens is 3. The first-order valence-electron chi connectivity index (χ1n) is 7.55. The number of aromatic amines is 1. The summed E-state index contributed by atoms with van der Waals surface area (Å²) >= 11 is 0. The molecule has 0 spiro atoms. The molecule has 0 aromatic carbocycles. The number of carbonyl (C=O) groups is 1. The molecule has 10 nitrogen and oxygen atoms in total. The van der Waals surface area contributed by atoms with E-state index in [1.807, 2.05) is 4.98 Å². The standard InChI is InChI=1S/C14H16F3N3O7/c15-14(16,17)12(25)18-2-1-3-20-4-6(11(24)19-13(20)26)10-9(23)8(22)7(5-21)27-10/h1,3-4,7-10,21-23H,2,5H2,(H,18,25)(H,19,24,26)/b3-1+/t7-,8?,9+,10+/m1/s1. The Bertz CT molecular complexity index is 832. The van der Waals surface area contributed by atoms with Gasteiger partial charge in [0, 0.05) is 18.9 Å². The van der Waals surface area contributed by atoms with E-state index in [0.717, 1.165) is 23.0 Å². The summed E-state index contributed by atoms with van der Waals surface area (Å²) in [5, 5.41) is 30.3. The van der Waals surface area contributed by atoms with Crippen LogP contribution < -0.4 is 16.6 Å². The van der Waals surface area contributed by atoms with Crippen molar-refractivity contribution in [3.8, 4) is 0 Å². The van der Waals surface area contributed by atoms with Crippen LogP contribution in [0.4, 0.5) is 13.2 Å². The smallest absolute Gasteiger partial charge is 0.394 e. The van der Waals surface area contributed by atoms with Crippen LogP contribution in [0.5, 0.6) is 0 Å². The number of hydrogen-bond acceptors (Lipinski definition) is 7. The quantitative estimate of drug-likeness (QED) is 0.381. The third-order valence-corrected chi connectivity index (χ3v) is 3.75. The van der Waals surface area contributed by atoms with Crippen LogP contribution in [0.3, 0.4) is 0 Å². The zero-order valence-corrected chi connectivity index (χ0v) is 13.5. The maximum absolute atomic E-state index is 12.1. The van der Waals surface area contributed by atoms with Crippen molar-refractivity contribution in [2.24, 2.45) is 0 Å². The van der Waals surface area contributed by atoms with Crippen LogP contribution in [-0.2, 0) is 9.53 Å². The molecule has 0 radical (unpaired) electrons. The highest BCUT2D eigenvalue weighted by atomic mass is 19.4. The summed E-state index contributed by atoms with van der Waals surface area (Å²) in [7, 11) is 0. The van der Waals surface area contributed by atoms with E-state index in [1.165, 1.54) is 0 Å². The zero-order valence-electron chi connectivity index (χ0n) is 13.5. The average molecular weight is 395 g/mol. The van der Waals surface area contributed by atoms with Crippen LogP contribution in [0.15, 0.2) is 21.9 Å². The molecule has 27 heavy (non-hydrogen) atoms. The Kier molecular flexibility index (Phi) is 6.20. The Morgan fingerprint density at radius 3 is 2.56 bits per heavy atom. The number of ether oxygens (including phenoxy) is 1. The lowest BCUT2D eigenvalue weighted by Crippen LogP contribution is -2.37. The summed E-state index contributed by atoms with van der Waals surface area (Å²) in [5.74, 6) is -2.16. The molecule has 0 saturated carbocycles. The SMILES string of the molecule is O=C(NC/C=C/n1cc([C@@H]2O[C@H](CO)C(O)[C@@H]2O)c(=O)[nH]c1=O)C(F)(F)F. The van der Waals surface area contributed by atoms with Gasteiger partial charge in [-0.2, -0.15) is 13.2 Å². The van der Waals surface area contributed by atoms with Gasteiger partial charge in [-0.1, -0.05) is 0 Å². The average Bonchev–Trinajstić information content (AvgIpc) is 2.87. The lowest BCUT2D eigenvalue weighted by molar-refractivity contribution is -0.173. The van der Waals surface area contributed by atoms with Crippen molar-refractivity contribution in [2.45, 2.75) is 30.6 Å². The molecular weight excluding hydrogens is 379 g/mol. The van der Waals surface area contributed by atoms with Crippen molar-refractivity contribution in [1.82, 2.24) is 14.9 Å². The number of nitrogens with zero attached hydrogens (tertiary/aromatic N) is 1. The number of H-pyrrole nitrogens is 1. The van der Waals surface area contributed by atoms with E-state index >= 15 is 0 Å². The number of alkyl halides is 3. The van der Waals surface area contributed by atoms with Crippen molar-refractivity contribution in [3.63, 3.8) is 0 Å². The molecule has 1 aromatic rings. The predicted octanol–water partition coefficient (Wildman–Crippen LogP) is -2.16. The second-order valence-corrected chi connectivity index (χ2v) is 5.60. The van der Waals surface area contributed by atoms with Crippen molar-refractivity contribution < 1.29 is 38.0 Å². The largest absolute Gasteiger partial charge is 0.471 e. The summed E-state index contributed by atoms with van der Waals surface area (Å²) in [6.07, 6.45) is -7.58. The molecule has 4 atom stereocenters. The molecule has 1 fully saturated rings. The fraction of sp³-hybridized carbons (Fsp3) is 0.500. The van der Waals surface area contributed by atoms with Gasteiger partial charge in [0.05, 0.1) is 12.2 Å². The van der Waals surface area contributed by atoms with Crippen LogP contribution in [0.1, 0.15) is 11.7 Å². The zero-order chi connectivity index (χ0) is 20.4. The fourth-order valence-electron chi connectivity index (χ4n) is 2.39. The Labute approximate surface area is 148 Å². The molecule has 1 saturated heterocycles. The Balaban J connectivity index is 2.19. The van der Waals surface area contributed by atoms with Gasteiger partial charge in [-0.15, -0.1) is 0 Å². The van der Waals surface area contributed by atoms with E-state index in [4.69, 9.17) is 9.84 Å². The first-order valence-corrected chi connectivity index (χ1v) is 7.55. The number of aliphatic hydroxyl groups excluding tert-OH is 3. The van der Waals surface area contributed by atoms with Crippen molar-refractivity contribution in [2.75, 3.05) is 13.2 Å². The lowest BCUT2D eigenvalue weighted by Gasteiger charge is -2.14.